The van der Waals surface area contributed by atoms with Crippen molar-refractivity contribution in [2.45, 2.75) is 58.8 Å². The molecule has 0 radical (unpaired) electrons. The van der Waals surface area contributed by atoms with Crippen molar-refractivity contribution in [1.82, 2.24) is 10.2 Å². The van der Waals surface area contributed by atoms with Gasteiger partial charge in [-0.25, -0.2) is 4.79 Å². The van der Waals surface area contributed by atoms with Gasteiger partial charge < -0.3 is 20.1 Å². The van der Waals surface area contributed by atoms with Gasteiger partial charge >= 0.3 is 6.09 Å². The third-order valence-electron chi connectivity index (χ3n) is 2.92. The van der Waals surface area contributed by atoms with Crippen LogP contribution in [0.15, 0.2) is 0 Å². The first kappa shape index (κ1) is 16.2. The summed E-state index contributed by atoms with van der Waals surface area (Å²) in [5, 5.41) is 13.2. The van der Waals surface area contributed by atoms with Gasteiger partial charge in [0, 0.05) is 19.1 Å². The molecule has 0 aromatic rings. The average Bonchev–Trinajstić information content (AvgIpc) is 2.38. The van der Waals surface area contributed by atoms with Crippen molar-refractivity contribution < 1.29 is 14.6 Å². The van der Waals surface area contributed by atoms with Crippen molar-refractivity contribution >= 4 is 6.09 Å². The summed E-state index contributed by atoms with van der Waals surface area (Å²) >= 11 is 0. The average molecular weight is 272 g/mol. The lowest BCUT2D eigenvalue weighted by Crippen LogP contribution is -2.43. The van der Waals surface area contributed by atoms with Gasteiger partial charge in [0.25, 0.3) is 0 Å². The first-order chi connectivity index (χ1) is 8.67. The van der Waals surface area contributed by atoms with Crippen LogP contribution in [0.4, 0.5) is 4.79 Å². The van der Waals surface area contributed by atoms with Gasteiger partial charge in [-0.1, -0.05) is 13.8 Å². The molecular weight excluding hydrogens is 244 g/mol. The zero-order valence-electron chi connectivity index (χ0n) is 12.8. The Balaban J connectivity index is 2.65. The van der Waals surface area contributed by atoms with Crippen molar-refractivity contribution in [3.8, 4) is 0 Å². The van der Waals surface area contributed by atoms with Gasteiger partial charge in [0.2, 0.25) is 0 Å². The molecule has 1 amide bonds. The topological polar surface area (TPSA) is 61.8 Å². The molecule has 1 aliphatic rings. The molecular formula is C14H28N2O3. The number of rotatable bonds is 2. The second-order valence-corrected chi connectivity index (χ2v) is 6.77. The number of carbonyl (C=O) groups excluding carboxylic acids is 1. The molecule has 1 saturated heterocycles. The van der Waals surface area contributed by atoms with E-state index in [1.165, 1.54) is 0 Å². The molecule has 1 fully saturated rings. The number of carbonyl (C=O) groups is 1. The predicted octanol–water partition coefficient (Wildman–Crippen LogP) is 1.60. The van der Waals surface area contributed by atoms with Crippen LogP contribution in [-0.2, 0) is 4.74 Å². The van der Waals surface area contributed by atoms with Crippen molar-refractivity contribution in [3.05, 3.63) is 0 Å². The highest BCUT2D eigenvalue weighted by Gasteiger charge is 2.29. The van der Waals surface area contributed by atoms with Crippen molar-refractivity contribution in [2.75, 3.05) is 19.6 Å². The standard InChI is InChI=1S/C14H28N2O3/c1-10(2)6-11-8-16(9-12(17)7-15-11)13(18)19-14(3,4)5/h10-12,15,17H,6-9H2,1-5H3/t11-,12?/m0/s1. The largest absolute Gasteiger partial charge is 0.444 e. The van der Waals surface area contributed by atoms with Crippen LogP contribution in [0, 0.1) is 5.92 Å². The summed E-state index contributed by atoms with van der Waals surface area (Å²) in [6, 6.07) is 0.213. The SMILES string of the molecule is CC(C)C[C@H]1CN(C(=O)OC(C)(C)C)CC(O)CN1. The van der Waals surface area contributed by atoms with E-state index in [0.717, 1.165) is 6.42 Å². The van der Waals surface area contributed by atoms with Gasteiger partial charge in [0.05, 0.1) is 12.6 Å². The van der Waals surface area contributed by atoms with Crippen LogP contribution in [0.25, 0.3) is 0 Å². The zero-order valence-corrected chi connectivity index (χ0v) is 12.8. The van der Waals surface area contributed by atoms with E-state index in [0.29, 0.717) is 25.6 Å². The molecule has 0 spiro atoms. The molecule has 0 aliphatic carbocycles. The summed E-state index contributed by atoms with van der Waals surface area (Å²) < 4.78 is 5.38. The Bertz CT molecular complexity index is 300. The van der Waals surface area contributed by atoms with E-state index in [-0.39, 0.29) is 12.1 Å². The first-order valence-corrected chi connectivity index (χ1v) is 7.06. The summed E-state index contributed by atoms with van der Waals surface area (Å²) in [4.78, 5) is 13.7. The van der Waals surface area contributed by atoms with Crippen LogP contribution in [0.5, 0.6) is 0 Å². The zero-order chi connectivity index (χ0) is 14.6. The van der Waals surface area contributed by atoms with Crippen LogP contribution in [-0.4, -0.2) is 53.5 Å². The summed E-state index contributed by atoms with van der Waals surface area (Å²) in [5.74, 6) is 0.549. The summed E-state index contributed by atoms with van der Waals surface area (Å²) in [6.45, 7) is 11.3. The number of nitrogens with zero attached hydrogens (tertiary/aromatic N) is 1. The number of β-amino-alcohol motifs (C(OH)–C–C–N with tert-alkyl or cyclic N) is 1. The third kappa shape index (κ3) is 6.25. The molecule has 0 saturated carbocycles. The molecule has 5 nitrogen and oxygen atoms in total. The van der Waals surface area contributed by atoms with Gasteiger partial charge in [-0.05, 0) is 33.1 Å². The lowest BCUT2D eigenvalue weighted by Gasteiger charge is -2.29. The lowest BCUT2D eigenvalue weighted by molar-refractivity contribution is 0.0172. The summed E-state index contributed by atoms with van der Waals surface area (Å²) in [7, 11) is 0. The van der Waals surface area contributed by atoms with Crippen LogP contribution in [0.3, 0.4) is 0 Å². The van der Waals surface area contributed by atoms with Crippen LogP contribution in [0.2, 0.25) is 0 Å². The minimum absolute atomic E-state index is 0.213. The van der Waals surface area contributed by atoms with Gasteiger partial charge in [0.15, 0.2) is 0 Å². The van der Waals surface area contributed by atoms with Crippen LogP contribution < -0.4 is 5.32 Å². The maximum atomic E-state index is 12.1. The highest BCUT2D eigenvalue weighted by Crippen LogP contribution is 2.14. The highest BCUT2D eigenvalue weighted by atomic mass is 16.6. The first-order valence-electron chi connectivity index (χ1n) is 7.06. The van der Waals surface area contributed by atoms with E-state index in [1.807, 2.05) is 20.8 Å². The number of amides is 1. The molecule has 1 unspecified atom stereocenters. The monoisotopic (exact) mass is 272 g/mol. The predicted molar refractivity (Wildman–Crippen MR) is 75.1 cm³/mol. The smallest absolute Gasteiger partial charge is 0.410 e. The fraction of sp³-hybridized carbons (Fsp3) is 0.929. The Labute approximate surface area is 116 Å². The van der Waals surface area contributed by atoms with Gasteiger partial charge in [-0.15, -0.1) is 0 Å². The highest BCUT2D eigenvalue weighted by molar-refractivity contribution is 5.68. The Kier molecular flexibility index (Phi) is 5.62. The molecule has 0 aromatic heterocycles. The summed E-state index contributed by atoms with van der Waals surface area (Å²) in [5.41, 5.74) is -0.505. The molecule has 2 atom stereocenters. The van der Waals surface area contributed by atoms with E-state index in [1.54, 1.807) is 4.90 Å². The molecule has 0 aromatic carbocycles. The minimum atomic E-state index is -0.537. The van der Waals surface area contributed by atoms with Gasteiger partial charge in [0.1, 0.15) is 5.60 Å². The Morgan fingerprint density at radius 2 is 2.05 bits per heavy atom. The number of aliphatic hydroxyl groups excluding tert-OH is 1. The van der Waals surface area contributed by atoms with Gasteiger partial charge in [-0.2, -0.15) is 0 Å². The van der Waals surface area contributed by atoms with E-state index >= 15 is 0 Å². The number of nitrogens with one attached hydrogen (secondary N) is 1. The number of hydrogen-bond donors (Lipinski definition) is 2. The Morgan fingerprint density at radius 3 is 2.58 bits per heavy atom. The second kappa shape index (κ2) is 6.57. The minimum Gasteiger partial charge on any atom is -0.444 e. The molecule has 1 aliphatic heterocycles. The quantitative estimate of drug-likeness (QED) is 0.801. The van der Waals surface area contributed by atoms with Crippen molar-refractivity contribution in [3.63, 3.8) is 0 Å². The molecule has 112 valence electrons. The van der Waals surface area contributed by atoms with E-state index in [9.17, 15) is 9.90 Å². The fourth-order valence-electron chi connectivity index (χ4n) is 2.23. The molecule has 19 heavy (non-hydrogen) atoms. The molecule has 1 rings (SSSR count). The van der Waals surface area contributed by atoms with Crippen LogP contribution in [0.1, 0.15) is 41.0 Å². The molecule has 1 heterocycles. The van der Waals surface area contributed by atoms with E-state index in [2.05, 4.69) is 19.2 Å². The maximum absolute atomic E-state index is 12.1. The second-order valence-electron chi connectivity index (χ2n) is 6.77. The van der Waals surface area contributed by atoms with Crippen LogP contribution >= 0.6 is 0 Å². The summed E-state index contributed by atoms with van der Waals surface area (Å²) in [6.07, 6.45) is 0.0973. The van der Waals surface area contributed by atoms with E-state index in [4.69, 9.17) is 4.74 Å². The normalized spacial score (nSPS) is 25.3. The maximum Gasteiger partial charge on any atom is 0.410 e. The van der Waals surface area contributed by atoms with E-state index < -0.39 is 11.7 Å². The van der Waals surface area contributed by atoms with Crippen molar-refractivity contribution in [2.24, 2.45) is 5.92 Å². The fourth-order valence-corrected chi connectivity index (χ4v) is 2.23. The number of ether oxygens (including phenoxy) is 1. The van der Waals surface area contributed by atoms with Gasteiger partial charge in [-0.3, -0.25) is 0 Å². The number of aliphatic hydroxyl groups is 1. The molecule has 5 heteroatoms. The Hall–Kier alpha value is -0.810. The lowest BCUT2D eigenvalue weighted by atomic mass is 10.0. The van der Waals surface area contributed by atoms with Crippen molar-refractivity contribution in [1.29, 1.82) is 0 Å². The Morgan fingerprint density at radius 1 is 1.42 bits per heavy atom. The number of hydrogen-bond acceptors (Lipinski definition) is 4. The molecule has 2 N–H and O–H groups in total. The molecule has 0 bridgehead atoms. The third-order valence-corrected chi connectivity index (χ3v) is 2.92.